The summed E-state index contributed by atoms with van der Waals surface area (Å²) in [5, 5.41) is 0. The van der Waals surface area contributed by atoms with Crippen LogP contribution in [-0.4, -0.2) is 21.2 Å². The van der Waals surface area contributed by atoms with Crippen LogP contribution in [0.15, 0.2) is 12.0 Å². The molecule has 0 aromatic rings. The molecule has 0 radical (unpaired) electrons. The zero-order chi connectivity index (χ0) is 11.7. The Morgan fingerprint density at radius 1 is 1.47 bits per heavy atom. The van der Waals surface area contributed by atoms with Crippen molar-refractivity contribution in [3.63, 3.8) is 0 Å². The van der Waals surface area contributed by atoms with Crippen molar-refractivity contribution in [2.75, 3.05) is 6.54 Å². The Kier molecular flexibility index (Phi) is 8.80. The van der Waals surface area contributed by atoms with Crippen LogP contribution in [0.2, 0.25) is 0 Å². The average molecular weight is 258 g/mol. The third kappa shape index (κ3) is 10.0. The molecule has 1 unspecified atom stereocenters. The predicted molar refractivity (Wildman–Crippen MR) is 54.3 cm³/mol. The smallest absolute Gasteiger partial charge is 0.391 e. The van der Waals surface area contributed by atoms with Gasteiger partial charge in [-0.25, -0.2) is 0 Å². The van der Waals surface area contributed by atoms with Gasteiger partial charge in [-0.2, -0.15) is 4.52 Å². The largest absolute Gasteiger partial charge is 0.750 e. The van der Waals surface area contributed by atoms with Gasteiger partial charge in [0.05, 0.1) is 0 Å². The quantitative estimate of drug-likeness (QED) is 0.289. The van der Waals surface area contributed by atoms with Gasteiger partial charge in [-0.15, -0.1) is 4.89 Å². The molecular formula is C6H14NO6P2+. The molecule has 0 aromatic carbocycles. The van der Waals surface area contributed by atoms with Crippen LogP contribution in [0.4, 0.5) is 0 Å². The van der Waals surface area contributed by atoms with Crippen LogP contribution in [0.25, 0.3) is 0 Å². The lowest BCUT2D eigenvalue weighted by molar-refractivity contribution is 0.191. The molecule has 9 heteroatoms. The molecule has 0 heterocycles. The standard InChI is InChI=1S/C6H13NO6P2/c7-5-3-1-2-4-6(12-14(8)9)13-15(10)11/h4,8-9H,1-3,5,7H2/p+1/b6-4+. The molecule has 0 aliphatic carbocycles. The van der Waals surface area contributed by atoms with E-state index in [0.29, 0.717) is 13.0 Å². The SMILES string of the molecule is NCCCC/C=C(\OP(O)O)O[P+](=O)O. The molecule has 0 fully saturated rings. The van der Waals surface area contributed by atoms with E-state index in [1.165, 1.54) is 6.08 Å². The lowest BCUT2D eigenvalue weighted by atomic mass is 10.2. The van der Waals surface area contributed by atoms with Gasteiger partial charge in [-0.05, 0) is 25.8 Å². The summed E-state index contributed by atoms with van der Waals surface area (Å²) in [5.41, 5.74) is 5.26. The molecule has 0 spiro atoms. The van der Waals surface area contributed by atoms with Gasteiger partial charge >= 0.3 is 22.8 Å². The zero-order valence-electron chi connectivity index (χ0n) is 7.94. The van der Waals surface area contributed by atoms with Crippen molar-refractivity contribution < 1.29 is 28.3 Å². The molecule has 0 aliphatic rings. The van der Waals surface area contributed by atoms with Crippen molar-refractivity contribution in [3.05, 3.63) is 12.0 Å². The van der Waals surface area contributed by atoms with Crippen molar-refractivity contribution in [1.82, 2.24) is 0 Å². The maximum Gasteiger partial charge on any atom is 0.750 e. The molecule has 0 aliphatic heterocycles. The number of hydrogen-bond donors (Lipinski definition) is 4. The van der Waals surface area contributed by atoms with E-state index < -0.39 is 16.9 Å². The molecule has 15 heavy (non-hydrogen) atoms. The molecule has 0 saturated heterocycles. The first kappa shape index (κ1) is 14.7. The number of nitrogens with two attached hydrogens (primary N) is 1. The molecule has 88 valence electrons. The fraction of sp³-hybridized carbons (Fsp3) is 0.667. The molecular weight excluding hydrogens is 244 g/mol. The van der Waals surface area contributed by atoms with Crippen LogP contribution in [0.1, 0.15) is 19.3 Å². The molecule has 1 atom stereocenters. The highest BCUT2D eigenvalue weighted by molar-refractivity contribution is 7.39. The Morgan fingerprint density at radius 3 is 2.60 bits per heavy atom. The minimum atomic E-state index is -2.87. The second-order valence-corrected chi connectivity index (χ2v) is 3.83. The topological polar surface area (TPSA) is 122 Å². The lowest BCUT2D eigenvalue weighted by Crippen LogP contribution is -1.97. The first-order chi connectivity index (χ1) is 7.06. The van der Waals surface area contributed by atoms with Crippen LogP contribution in [-0.2, 0) is 13.6 Å². The normalized spacial score (nSPS) is 12.9. The van der Waals surface area contributed by atoms with E-state index in [-0.39, 0.29) is 5.95 Å². The second-order valence-electron chi connectivity index (χ2n) is 2.48. The van der Waals surface area contributed by atoms with Gasteiger partial charge in [-0.1, -0.05) is 0 Å². The summed E-state index contributed by atoms with van der Waals surface area (Å²) in [5.74, 6) is -0.355. The summed E-state index contributed by atoms with van der Waals surface area (Å²) in [4.78, 5) is 25.5. The van der Waals surface area contributed by atoms with Gasteiger partial charge in [0.1, 0.15) is 0 Å². The molecule has 5 N–H and O–H groups in total. The summed E-state index contributed by atoms with van der Waals surface area (Å²) in [7, 11) is -5.53. The fourth-order valence-corrected chi connectivity index (χ4v) is 1.35. The van der Waals surface area contributed by atoms with Crippen molar-refractivity contribution in [3.8, 4) is 0 Å². The molecule has 7 nitrogen and oxygen atoms in total. The van der Waals surface area contributed by atoms with Gasteiger partial charge in [0.2, 0.25) is 0 Å². The first-order valence-corrected chi connectivity index (χ1v) is 6.46. The Labute approximate surface area is 89.5 Å². The molecule has 0 saturated carbocycles. The maximum atomic E-state index is 10.3. The highest BCUT2D eigenvalue weighted by Gasteiger charge is 2.20. The predicted octanol–water partition coefficient (Wildman–Crippen LogP) is 0.851. The van der Waals surface area contributed by atoms with Crippen LogP contribution in [0.3, 0.4) is 0 Å². The van der Waals surface area contributed by atoms with Gasteiger partial charge < -0.3 is 20.0 Å². The Balaban J connectivity index is 4.02. The summed E-state index contributed by atoms with van der Waals surface area (Å²) in [6, 6.07) is 0. The van der Waals surface area contributed by atoms with Crippen LogP contribution in [0.5, 0.6) is 0 Å². The van der Waals surface area contributed by atoms with Crippen molar-refractivity contribution in [2.24, 2.45) is 5.73 Å². The van der Waals surface area contributed by atoms with E-state index in [1.807, 2.05) is 0 Å². The van der Waals surface area contributed by atoms with E-state index in [9.17, 15) is 4.57 Å². The number of unbranched alkanes of at least 4 members (excludes halogenated alkanes) is 2. The van der Waals surface area contributed by atoms with E-state index in [1.54, 1.807) is 0 Å². The van der Waals surface area contributed by atoms with Crippen molar-refractivity contribution in [2.45, 2.75) is 19.3 Å². The Bertz CT molecular complexity index is 222. The third-order valence-corrected chi connectivity index (χ3v) is 1.99. The second kappa shape index (κ2) is 8.97. The lowest BCUT2D eigenvalue weighted by Gasteiger charge is -2.03. The van der Waals surface area contributed by atoms with Gasteiger partial charge in [0.15, 0.2) is 0 Å². The first-order valence-electron chi connectivity index (χ1n) is 4.16. The summed E-state index contributed by atoms with van der Waals surface area (Å²) in [6.07, 6.45) is 3.42. The Morgan fingerprint density at radius 2 is 2.13 bits per heavy atom. The van der Waals surface area contributed by atoms with Gasteiger partial charge in [-0.3, -0.25) is 0 Å². The minimum absolute atomic E-state index is 0.355. The maximum absolute atomic E-state index is 10.3. The average Bonchev–Trinajstić information content (AvgIpc) is 2.10. The number of allylic oxidation sites excluding steroid dienone is 1. The van der Waals surface area contributed by atoms with Gasteiger partial charge in [0, 0.05) is 10.6 Å². The third-order valence-electron chi connectivity index (χ3n) is 1.31. The summed E-state index contributed by atoms with van der Waals surface area (Å²) < 4.78 is 19.0. The highest BCUT2D eigenvalue weighted by atomic mass is 31.2. The summed E-state index contributed by atoms with van der Waals surface area (Å²) in [6.45, 7) is 0.547. The van der Waals surface area contributed by atoms with Crippen LogP contribution < -0.4 is 5.73 Å². The van der Waals surface area contributed by atoms with E-state index in [4.69, 9.17) is 20.4 Å². The van der Waals surface area contributed by atoms with Crippen LogP contribution >= 0.6 is 16.9 Å². The molecule has 0 rings (SSSR count). The van der Waals surface area contributed by atoms with E-state index >= 15 is 0 Å². The highest BCUT2D eigenvalue weighted by Crippen LogP contribution is 2.33. The van der Waals surface area contributed by atoms with Crippen molar-refractivity contribution >= 4 is 16.9 Å². The number of hydrogen-bond acceptors (Lipinski definition) is 6. The fourth-order valence-electron chi connectivity index (χ4n) is 0.757. The van der Waals surface area contributed by atoms with Crippen molar-refractivity contribution in [1.29, 1.82) is 0 Å². The van der Waals surface area contributed by atoms with Crippen LogP contribution in [0, 0.1) is 0 Å². The molecule has 0 aromatic heterocycles. The van der Waals surface area contributed by atoms with Gasteiger partial charge in [0.25, 0.3) is 0 Å². The Hall–Kier alpha value is -0.290. The number of rotatable bonds is 8. The van der Waals surface area contributed by atoms with E-state index in [2.05, 4.69) is 9.05 Å². The minimum Gasteiger partial charge on any atom is -0.391 e. The summed E-state index contributed by atoms with van der Waals surface area (Å²) >= 11 is 0. The molecule has 0 bridgehead atoms. The molecule has 0 amide bonds. The van der Waals surface area contributed by atoms with E-state index in [0.717, 1.165) is 12.8 Å². The zero-order valence-corrected chi connectivity index (χ0v) is 9.73. The monoisotopic (exact) mass is 258 g/mol.